The monoisotopic (exact) mass is 394 g/mol. The number of rotatable bonds is 7. The summed E-state index contributed by atoms with van der Waals surface area (Å²) in [6.07, 6.45) is 0. The molecule has 1 unspecified atom stereocenters. The van der Waals surface area contributed by atoms with E-state index in [1.807, 2.05) is 18.2 Å². The van der Waals surface area contributed by atoms with Crippen LogP contribution in [0.4, 0.5) is 4.39 Å². The lowest BCUT2D eigenvalue weighted by Gasteiger charge is -2.35. The van der Waals surface area contributed by atoms with Gasteiger partial charge in [0.05, 0.1) is 20.3 Å². The molecule has 152 valence electrons. The molecule has 0 aliphatic carbocycles. The van der Waals surface area contributed by atoms with Crippen LogP contribution in [-0.4, -0.2) is 44.9 Å². The van der Waals surface area contributed by atoms with Crippen LogP contribution >= 0.6 is 0 Å². The van der Waals surface area contributed by atoms with Crippen LogP contribution in [0.15, 0.2) is 60.7 Å². The summed E-state index contributed by atoms with van der Waals surface area (Å²) in [5.41, 5.74) is 2.37. The predicted octanol–water partition coefficient (Wildman–Crippen LogP) is 4.15. The third-order valence-corrected chi connectivity index (χ3v) is 5.52. The average Bonchev–Trinajstić information content (AvgIpc) is 2.78. The van der Waals surface area contributed by atoms with Gasteiger partial charge in [-0.2, -0.15) is 0 Å². The first-order chi connectivity index (χ1) is 14.2. The van der Waals surface area contributed by atoms with E-state index in [4.69, 9.17) is 9.47 Å². The molecule has 0 amide bonds. The highest BCUT2D eigenvalue weighted by molar-refractivity contribution is 5.84. The van der Waals surface area contributed by atoms with Gasteiger partial charge in [0.1, 0.15) is 11.6 Å². The lowest BCUT2D eigenvalue weighted by molar-refractivity contribution is 0.0161. The second-order valence-corrected chi connectivity index (χ2v) is 7.39. The first-order valence-corrected chi connectivity index (χ1v) is 10.1. The molecule has 0 radical (unpaired) electrons. The molecule has 0 bridgehead atoms. The van der Waals surface area contributed by atoms with Crippen LogP contribution in [0.3, 0.4) is 0 Å². The van der Waals surface area contributed by atoms with Crippen molar-refractivity contribution >= 4 is 10.8 Å². The van der Waals surface area contributed by atoms with E-state index in [0.717, 1.165) is 50.7 Å². The van der Waals surface area contributed by atoms with Gasteiger partial charge in [-0.05, 0) is 52.2 Å². The second kappa shape index (κ2) is 9.35. The van der Waals surface area contributed by atoms with E-state index in [2.05, 4.69) is 40.5 Å². The molecule has 3 aromatic rings. The molecule has 1 fully saturated rings. The molecule has 4 nitrogen and oxygen atoms in total. The van der Waals surface area contributed by atoms with Crippen LogP contribution in [0.2, 0.25) is 0 Å². The van der Waals surface area contributed by atoms with Gasteiger partial charge >= 0.3 is 0 Å². The van der Waals surface area contributed by atoms with Crippen molar-refractivity contribution in [2.75, 3.05) is 40.0 Å². The number of benzene rings is 3. The fraction of sp³-hybridized carbons (Fsp3) is 0.333. The van der Waals surface area contributed by atoms with Gasteiger partial charge in [0.25, 0.3) is 0 Å². The summed E-state index contributed by atoms with van der Waals surface area (Å²) in [5.74, 6) is 0.672. The number of nitrogens with zero attached hydrogens (tertiary/aromatic N) is 1. The van der Waals surface area contributed by atoms with Crippen LogP contribution < -0.4 is 10.1 Å². The zero-order chi connectivity index (χ0) is 20.1. The van der Waals surface area contributed by atoms with Gasteiger partial charge < -0.3 is 14.8 Å². The van der Waals surface area contributed by atoms with Gasteiger partial charge in [-0.3, -0.25) is 4.90 Å². The maximum Gasteiger partial charge on any atom is 0.123 e. The minimum Gasteiger partial charge on any atom is -0.497 e. The summed E-state index contributed by atoms with van der Waals surface area (Å²) in [5, 5.41) is 5.97. The molecule has 1 aliphatic rings. The predicted molar refractivity (Wildman–Crippen MR) is 114 cm³/mol. The molecule has 1 saturated heterocycles. The van der Waals surface area contributed by atoms with E-state index in [1.165, 1.54) is 16.3 Å². The molecule has 4 rings (SSSR count). The van der Waals surface area contributed by atoms with E-state index in [-0.39, 0.29) is 11.9 Å². The highest BCUT2D eigenvalue weighted by atomic mass is 19.1. The quantitative estimate of drug-likeness (QED) is 0.653. The Balaban J connectivity index is 1.44. The topological polar surface area (TPSA) is 33.7 Å². The standard InChI is InChI=1S/C24H27FN2O2/c1-28-23-9-6-20-14-18(2-3-21(20)15-23)16-26-17-24(27-10-12-29-13-11-27)19-4-7-22(25)8-5-19/h2-9,14-15,24,26H,10-13,16-17H2,1H3. The van der Waals surface area contributed by atoms with Crippen LogP contribution in [0.1, 0.15) is 17.2 Å². The Hall–Kier alpha value is -2.47. The van der Waals surface area contributed by atoms with Crippen LogP contribution in [0.25, 0.3) is 10.8 Å². The molecule has 1 aliphatic heterocycles. The summed E-state index contributed by atoms with van der Waals surface area (Å²) < 4.78 is 24.2. The summed E-state index contributed by atoms with van der Waals surface area (Å²) in [6.45, 7) is 4.84. The number of morpholine rings is 1. The largest absolute Gasteiger partial charge is 0.497 e. The number of hydrogen-bond acceptors (Lipinski definition) is 4. The van der Waals surface area contributed by atoms with Crippen molar-refractivity contribution in [3.8, 4) is 5.75 Å². The highest BCUT2D eigenvalue weighted by Gasteiger charge is 2.22. The second-order valence-electron chi connectivity index (χ2n) is 7.39. The van der Waals surface area contributed by atoms with Crippen LogP contribution in [0.5, 0.6) is 5.75 Å². The Kier molecular flexibility index (Phi) is 6.39. The van der Waals surface area contributed by atoms with E-state index >= 15 is 0 Å². The molecule has 0 saturated carbocycles. The van der Waals surface area contributed by atoms with Gasteiger partial charge in [-0.1, -0.05) is 30.3 Å². The van der Waals surface area contributed by atoms with E-state index < -0.39 is 0 Å². The van der Waals surface area contributed by atoms with Crippen molar-refractivity contribution in [2.45, 2.75) is 12.6 Å². The van der Waals surface area contributed by atoms with Gasteiger partial charge in [-0.15, -0.1) is 0 Å². The van der Waals surface area contributed by atoms with Crippen molar-refractivity contribution in [2.24, 2.45) is 0 Å². The van der Waals surface area contributed by atoms with Gasteiger partial charge in [0, 0.05) is 32.2 Å². The van der Waals surface area contributed by atoms with Crippen LogP contribution in [0, 0.1) is 5.82 Å². The number of fused-ring (bicyclic) bond motifs is 1. The summed E-state index contributed by atoms with van der Waals surface area (Å²) in [4.78, 5) is 2.41. The van der Waals surface area contributed by atoms with Crippen molar-refractivity contribution in [1.82, 2.24) is 10.2 Å². The molecule has 0 spiro atoms. The first-order valence-electron chi connectivity index (χ1n) is 10.1. The third-order valence-electron chi connectivity index (χ3n) is 5.52. The minimum atomic E-state index is -0.199. The fourth-order valence-corrected chi connectivity index (χ4v) is 3.90. The molecule has 1 atom stereocenters. The molecule has 0 aromatic heterocycles. The Morgan fingerprint density at radius 2 is 1.72 bits per heavy atom. The summed E-state index contributed by atoms with van der Waals surface area (Å²) in [6, 6.07) is 19.7. The lowest BCUT2D eigenvalue weighted by atomic mass is 10.0. The van der Waals surface area contributed by atoms with Crippen molar-refractivity contribution in [3.05, 3.63) is 77.6 Å². The van der Waals surface area contributed by atoms with Gasteiger partial charge in [0.15, 0.2) is 0 Å². The minimum absolute atomic E-state index is 0.198. The number of hydrogen-bond donors (Lipinski definition) is 1. The number of halogens is 1. The Morgan fingerprint density at radius 1 is 1.00 bits per heavy atom. The Labute approximate surface area is 171 Å². The van der Waals surface area contributed by atoms with Gasteiger partial charge in [-0.25, -0.2) is 4.39 Å². The van der Waals surface area contributed by atoms with Crippen LogP contribution in [-0.2, 0) is 11.3 Å². The maximum atomic E-state index is 13.4. The number of ether oxygens (including phenoxy) is 2. The number of nitrogens with one attached hydrogen (secondary N) is 1. The fourth-order valence-electron chi connectivity index (χ4n) is 3.90. The van der Waals surface area contributed by atoms with E-state index in [1.54, 1.807) is 19.2 Å². The van der Waals surface area contributed by atoms with E-state index in [0.29, 0.717) is 0 Å². The van der Waals surface area contributed by atoms with Crippen molar-refractivity contribution in [1.29, 1.82) is 0 Å². The smallest absolute Gasteiger partial charge is 0.123 e. The summed E-state index contributed by atoms with van der Waals surface area (Å²) >= 11 is 0. The highest BCUT2D eigenvalue weighted by Crippen LogP contribution is 2.23. The van der Waals surface area contributed by atoms with E-state index in [9.17, 15) is 4.39 Å². The SMILES string of the molecule is COc1ccc2cc(CNCC(c3ccc(F)cc3)N3CCOCC3)ccc2c1. The first kappa shape index (κ1) is 19.8. The Bertz CT molecular complexity index is 939. The van der Waals surface area contributed by atoms with Gasteiger partial charge in [0.2, 0.25) is 0 Å². The summed E-state index contributed by atoms with van der Waals surface area (Å²) in [7, 11) is 1.69. The third kappa shape index (κ3) is 4.93. The van der Waals surface area contributed by atoms with Crippen molar-refractivity contribution in [3.63, 3.8) is 0 Å². The zero-order valence-corrected chi connectivity index (χ0v) is 16.7. The molecule has 3 aromatic carbocycles. The maximum absolute atomic E-state index is 13.4. The molecular formula is C24H27FN2O2. The lowest BCUT2D eigenvalue weighted by Crippen LogP contribution is -2.42. The molecule has 29 heavy (non-hydrogen) atoms. The molecule has 1 N–H and O–H groups in total. The average molecular weight is 394 g/mol. The molecular weight excluding hydrogens is 367 g/mol. The Morgan fingerprint density at radius 3 is 2.48 bits per heavy atom. The molecule has 5 heteroatoms. The number of methoxy groups -OCH3 is 1. The zero-order valence-electron chi connectivity index (χ0n) is 16.7. The molecule has 1 heterocycles. The van der Waals surface area contributed by atoms with Crippen molar-refractivity contribution < 1.29 is 13.9 Å². The normalized spacial score (nSPS) is 16.1.